The minimum absolute atomic E-state index is 0. The van der Waals surface area contributed by atoms with Gasteiger partial charge >= 0.3 is 0 Å². The molecule has 2 aromatic rings. The Morgan fingerprint density at radius 3 is 2.57 bits per heavy atom. The third kappa shape index (κ3) is 5.25. The summed E-state index contributed by atoms with van der Waals surface area (Å²) >= 11 is 0. The summed E-state index contributed by atoms with van der Waals surface area (Å²) in [5, 5.41) is 2.94. The van der Waals surface area contributed by atoms with Crippen LogP contribution in [0, 0.1) is 5.82 Å². The van der Waals surface area contributed by atoms with Gasteiger partial charge in [0.05, 0.1) is 25.1 Å². The Bertz CT molecular complexity index is 952. The first-order chi connectivity index (χ1) is 12.9. The van der Waals surface area contributed by atoms with E-state index in [1.807, 2.05) is 0 Å². The van der Waals surface area contributed by atoms with E-state index < -0.39 is 15.8 Å². The standard InChI is InChI=1S/C18H21FN4O3S.HI/c1-26-15-6-4-14(5-7-15)22-18(20)21-12-13-3-8-17(16(19)11-13)23-9-2-10-27(23,24)25;/h3-8,11H,2,9-10,12H2,1H3,(H3,20,21,22);1H. The molecule has 0 unspecified atom stereocenters. The molecular formula is C18H22FIN4O3S. The summed E-state index contributed by atoms with van der Waals surface area (Å²) in [4.78, 5) is 4.18. The van der Waals surface area contributed by atoms with E-state index in [0.29, 0.717) is 18.5 Å². The highest BCUT2D eigenvalue weighted by Gasteiger charge is 2.30. The van der Waals surface area contributed by atoms with Gasteiger partial charge in [-0.3, -0.25) is 4.31 Å². The highest BCUT2D eigenvalue weighted by Crippen LogP contribution is 2.27. The summed E-state index contributed by atoms with van der Waals surface area (Å²) in [6.07, 6.45) is 0.501. The summed E-state index contributed by atoms with van der Waals surface area (Å²) < 4.78 is 44.4. The molecule has 0 aliphatic carbocycles. The zero-order valence-electron chi connectivity index (χ0n) is 15.3. The maximum Gasteiger partial charge on any atom is 0.235 e. The lowest BCUT2D eigenvalue weighted by Crippen LogP contribution is -2.26. The number of nitrogens with zero attached hydrogens (tertiary/aromatic N) is 2. The fraction of sp³-hybridized carbons (Fsp3) is 0.278. The number of nitrogens with one attached hydrogen (secondary N) is 1. The summed E-state index contributed by atoms with van der Waals surface area (Å²) in [6, 6.07) is 11.6. The number of hydrogen-bond acceptors (Lipinski definition) is 4. The van der Waals surface area contributed by atoms with Crippen LogP contribution in [0.15, 0.2) is 47.5 Å². The predicted octanol–water partition coefficient (Wildman–Crippen LogP) is 2.92. The molecule has 1 aliphatic rings. The van der Waals surface area contributed by atoms with Gasteiger partial charge in [0.25, 0.3) is 0 Å². The van der Waals surface area contributed by atoms with Gasteiger partial charge in [0.15, 0.2) is 5.96 Å². The topological polar surface area (TPSA) is 97.0 Å². The molecule has 1 aliphatic heterocycles. The zero-order chi connectivity index (χ0) is 19.4. The largest absolute Gasteiger partial charge is 0.497 e. The molecule has 1 saturated heterocycles. The van der Waals surface area contributed by atoms with Crippen LogP contribution in [0.25, 0.3) is 0 Å². The molecule has 1 fully saturated rings. The van der Waals surface area contributed by atoms with Crippen molar-refractivity contribution in [2.45, 2.75) is 13.0 Å². The average molecular weight is 520 g/mol. The number of sulfonamides is 1. The fourth-order valence-electron chi connectivity index (χ4n) is 2.80. The van der Waals surface area contributed by atoms with Crippen LogP contribution in [0.3, 0.4) is 0 Å². The van der Waals surface area contributed by atoms with Gasteiger partial charge in [-0.25, -0.2) is 17.8 Å². The Balaban J connectivity index is 0.00000280. The third-order valence-electron chi connectivity index (χ3n) is 4.17. The van der Waals surface area contributed by atoms with Crippen LogP contribution in [0.2, 0.25) is 0 Å². The highest BCUT2D eigenvalue weighted by molar-refractivity contribution is 14.0. The normalized spacial score (nSPS) is 15.8. The Labute approximate surface area is 180 Å². The van der Waals surface area contributed by atoms with Crippen molar-refractivity contribution >= 4 is 51.3 Å². The van der Waals surface area contributed by atoms with E-state index >= 15 is 0 Å². The Morgan fingerprint density at radius 2 is 2.00 bits per heavy atom. The first-order valence-electron chi connectivity index (χ1n) is 8.39. The molecule has 0 spiro atoms. The molecule has 0 aromatic heterocycles. The smallest absolute Gasteiger partial charge is 0.235 e. The van der Waals surface area contributed by atoms with Crippen LogP contribution in [0.4, 0.5) is 15.8 Å². The van der Waals surface area contributed by atoms with Crippen LogP contribution in [-0.2, 0) is 16.6 Å². The number of ether oxygens (including phenoxy) is 1. The first kappa shape index (κ1) is 22.2. The van der Waals surface area contributed by atoms with Gasteiger partial charge < -0.3 is 15.8 Å². The monoisotopic (exact) mass is 520 g/mol. The molecule has 0 amide bonds. The van der Waals surface area contributed by atoms with E-state index in [2.05, 4.69) is 10.3 Å². The number of aliphatic imine (C=N–C) groups is 1. The van der Waals surface area contributed by atoms with E-state index in [4.69, 9.17) is 10.5 Å². The maximum absolute atomic E-state index is 14.4. The quantitative estimate of drug-likeness (QED) is 0.359. The second-order valence-corrected chi connectivity index (χ2v) is 8.10. The van der Waals surface area contributed by atoms with Crippen molar-refractivity contribution in [1.29, 1.82) is 0 Å². The molecule has 0 saturated carbocycles. The highest BCUT2D eigenvalue weighted by atomic mass is 127. The van der Waals surface area contributed by atoms with Crippen molar-refractivity contribution in [3.05, 3.63) is 53.8 Å². The van der Waals surface area contributed by atoms with Crippen molar-refractivity contribution in [3.63, 3.8) is 0 Å². The Morgan fingerprint density at radius 1 is 1.29 bits per heavy atom. The minimum atomic E-state index is -3.41. The minimum Gasteiger partial charge on any atom is -0.497 e. The van der Waals surface area contributed by atoms with E-state index in [1.165, 1.54) is 12.1 Å². The van der Waals surface area contributed by atoms with Gasteiger partial charge in [0.2, 0.25) is 10.0 Å². The van der Waals surface area contributed by atoms with E-state index in [1.54, 1.807) is 37.4 Å². The molecule has 28 heavy (non-hydrogen) atoms. The number of methoxy groups -OCH3 is 1. The molecule has 1 heterocycles. The van der Waals surface area contributed by atoms with Crippen molar-refractivity contribution in [2.75, 3.05) is 29.0 Å². The summed E-state index contributed by atoms with van der Waals surface area (Å²) in [7, 11) is -1.83. The van der Waals surface area contributed by atoms with Crippen molar-refractivity contribution in [2.24, 2.45) is 10.7 Å². The van der Waals surface area contributed by atoms with Crippen LogP contribution >= 0.6 is 24.0 Å². The summed E-state index contributed by atoms with van der Waals surface area (Å²) in [5.41, 5.74) is 7.27. The van der Waals surface area contributed by atoms with Gasteiger partial charge in [-0.15, -0.1) is 24.0 Å². The second kappa shape index (κ2) is 9.41. The molecule has 2 aromatic carbocycles. The fourth-order valence-corrected chi connectivity index (χ4v) is 4.37. The summed E-state index contributed by atoms with van der Waals surface area (Å²) in [5.74, 6) is 0.375. The molecule has 0 radical (unpaired) electrons. The molecule has 152 valence electrons. The number of benzene rings is 2. The molecular weight excluding hydrogens is 498 g/mol. The number of nitrogens with two attached hydrogens (primary N) is 1. The average Bonchev–Trinajstić information content (AvgIpc) is 3.00. The van der Waals surface area contributed by atoms with Crippen LogP contribution in [0.1, 0.15) is 12.0 Å². The molecule has 3 N–H and O–H groups in total. The van der Waals surface area contributed by atoms with Gasteiger partial charge in [-0.05, 0) is 48.4 Å². The maximum atomic E-state index is 14.4. The van der Waals surface area contributed by atoms with E-state index in [9.17, 15) is 12.8 Å². The molecule has 0 bridgehead atoms. The van der Waals surface area contributed by atoms with Crippen LogP contribution in [0.5, 0.6) is 5.75 Å². The van der Waals surface area contributed by atoms with Crippen molar-refractivity contribution in [1.82, 2.24) is 0 Å². The lowest BCUT2D eigenvalue weighted by Gasteiger charge is -2.17. The van der Waals surface area contributed by atoms with Gasteiger partial charge in [0, 0.05) is 12.2 Å². The zero-order valence-corrected chi connectivity index (χ0v) is 18.4. The second-order valence-electron chi connectivity index (χ2n) is 6.08. The first-order valence-corrected chi connectivity index (χ1v) is 10.00. The van der Waals surface area contributed by atoms with Gasteiger partial charge in [-0.2, -0.15) is 0 Å². The van der Waals surface area contributed by atoms with Gasteiger partial charge in [0.1, 0.15) is 11.6 Å². The molecule has 7 nitrogen and oxygen atoms in total. The number of rotatable bonds is 5. The summed E-state index contributed by atoms with van der Waals surface area (Å²) in [6.45, 7) is 0.467. The Hall–Kier alpha value is -2.08. The number of anilines is 2. The molecule has 3 rings (SSSR count). The number of hydrogen-bond donors (Lipinski definition) is 2. The van der Waals surface area contributed by atoms with Crippen molar-refractivity contribution in [3.8, 4) is 5.75 Å². The molecule has 0 atom stereocenters. The van der Waals surface area contributed by atoms with Crippen molar-refractivity contribution < 1.29 is 17.5 Å². The lowest BCUT2D eigenvalue weighted by atomic mass is 10.2. The number of halogens is 2. The lowest BCUT2D eigenvalue weighted by molar-refractivity contribution is 0.415. The van der Waals surface area contributed by atoms with Crippen LogP contribution in [-0.4, -0.2) is 33.8 Å². The predicted molar refractivity (Wildman–Crippen MR) is 120 cm³/mol. The van der Waals surface area contributed by atoms with Gasteiger partial charge in [-0.1, -0.05) is 6.07 Å². The van der Waals surface area contributed by atoms with Crippen LogP contribution < -0.4 is 20.1 Å². The van der Waals surface area contributed by atoms with E-state index in [0.717, 1.165) is 15.7 Å². The number of guanidine groups is 1. The SMILES string of the molecule is COc1ccc(NC(N)=NCc2ccc(N3CCCS3(=O)=O)c(F)c2)cc1.I. The molecule has 10 heteroatoms. The van der Waals surface area contributed by atoms with E-state index in [-0.39, 0.29) is 47.9 Å². The third-order valence-corrected chi connectivity index (χ3v) is 6.03. The Kier molecular flexibility index (Phi) is 7.47.